The second-order valence-electron chi connectivity index (χ2n) is 18.7. The molecule has 0 N–H and O–H groups in total. The Labute approximate surface area is 258 Å². The average molecular weight is 639 g/mol. The molecule has 4 rings (SSSR count). The van der Waals surface area contributed by atoms with Gasteiger partial charge in [-0.15, -0.1) is 0 Å². The highest BCUT2D eigenvalue weighted by Crippen LogP contribution is 2.69. The SMILES string of the molecule is CC(O[Si](C)(C)C)[C@@]1(O[Si](C)(C)C)CC[C@H]2[C@@H]3CC=C4C[C@@H](O[Si](C)(C)C)CC[C@]4(C)[C@H]3[C@@H](O[Si](C)(C)C)C[C@@]21C. The first-order valence-corrected chi connectivity index (χ1v) is 30.5. The molecule has 0 saturated heterocycles. The Bertz CT molecular complexity index is 989. The molecule has 3 saturated carbocycles. The maximum atomic E-state index is 7.48. The van der Waals surface area contributed by atoms with E-state index in [4.69, 9.17) is 17.7 Å². The van der Waals surface area contributed by atoms with E-state index in [1.807, 2.05) is 0 Å². The van der Waals surface area contributed by atoms with E-state index in [1.54, 1.807) is 5.57 Å². The third-order valence-electron chi connectivity index (χ3n) is 10.9. The van der Waals surface area contributed by atoms with Crippen molar-refractivity contribution in [3.8, 4) is 0 Å². The van der Waals surface area contributed by atoms with Crippen LogP contribution < -0.4 is 0 Å². The molecule has 0 spiro atoms. The predicted molar refractivity (Wildman–Crippen MR) is 185 cm³/mol. The van der Waals surface area contributed by atoms with Crippen molar-refractivity contribution >= 4 is 33.3 Å². The second-order valence-corrected chi connectivity index (χ2v) is 36.5. The molecule has 0 radical (unpaired) electrons. The topological polar surface area (TPSA) is 36.9 Å². The number of fused-ring (bicyclic) bond motifs is 5. The fourth-order valence-corrected chi connectivity index (χ4v) is 15.2. The third kappa shape index (κ3) is 7.00. The highest BCUT2D eigenvalue weighted by molar-refractivity contribution is 6.71. The first-order chi connectivity index (χ1) is 18.4. The predicted octanol–water partition coefficient (Wildman–Crippen LogP) is 9.83. The minimum atomic E-state index is -1.86. The summed E-state index contributed by atoms with van der Waals surface area (Å²) >= 11 is 0. The Hall–Kier alpha value is 0.448. The summed E-state index contributed by atoms with van der Waals surface area (Å²) in [4.78, 5) is 0. The molecule has 0 aromatic rings. The van der Waals surface area contributed by atoms with Gasteiger partial charge in [-0.05, 0) is 154 Å². The Morgan fingerprint density at radius 2 is 1.39 bits per heavy atom. The van der Waals surface area contributed by atoms with E-state index in [0.29, 0.717) is 23.9 Å². The summed E-state index contributed by atoms with van der Waals surface area (Å²) in [7, 11) is -6.96. The van der Waals surface area contributed by atoms with Gasteiger partial charge in [0.1, 0.15) is 0 Å². The van der Waals surface area contributed by atoms with Crippen molar-refractivity contribution in [2.45, 2.75) is 168 Å². The minimum Gasteiger partial charge on any atom is -0.414 e. The first kappa shape index (κ1) is 34.3. The zero-order valence-electron chi connectivity index (χ0n) is 29.6. The van der Waals surface area contributed by atoms with Crippen LogP contribution in [0.15, 0.2) is 11.6 Å². The molecule has 0 aromatic carbocycles. The van der Waals surface area contributed by atoms with Gasteiger partial charge in [0, 0.05) is 17.6 Å². The lowest BCUT2D eigenvalue weighted by molar-refractivity contribution is -0.183. The van der Waals surface area contributed by atoms with Crippen LogP contribution in [-0.4, -0.2) is 57.2 Å². The van der Waals surface area contributed by atoms with Crippen LogP contribution in [0.4, 0.5) is 0 Å². The maximum absolute atomic E-state index is 7.48. The molecule has 0 aliphatic heterocycles. The zero-order valence-corrected chi connectivity index (χ0v) is 33.6. The number of hydrogen-bond acceptors (Lipinski definition) is 4. The number of hydrogen-bond donors (Lipinski definition) is 0. The summed E-state index contributed by atoms with van der Waals surface area (Å²) in [5.74, 6) is 1.86. The van der Waals surface area contributed by atoms with Gasteiger partial charge in [0.15, 0.2) is 33.3 Å². The van der Waals surface area contributed by atoms with Gasteiger partial charge in [-0.2, -0.15) is 0 Å². The first-order valence-electron chi connectivity index (χ1n) is 16.8. The van der Waals surface area contributed by atoms with E-state index in [9.17, 15) is 0 Å². The Kier molecular flexibility index (Phi) is 9.26. The van der Waals surface area contributed by atoms with Crippen LogP contribution in [0, 0.1) is 28.6 Å². The molecule has 238 valence electrons. The van der Waals surface area contributed by atoms with Crippen LogP contribution in [0.25, 0.3) is 0 Å². The monoisotopic (exact) mass is 638 g/mol. The van der Waals surface area contributed by atoms with Crippen molar-refractivity contribution in [1.29, 1.82) is 0 Å². The smallest absolute Gasteiger partial charge is 0.184 e. The van der Waals surface area contributed by atoms with Gasteiger partial charge in [-0.3, -0.25) is 0 Å². The Balaban J connectivity index is 1.78. The summed E-state index contributed by atoms with van der Waals surface area (Å²) in [6.45, 7) is 35.9. The molecule has 0 aromatic heterocycles. The van der Waals surface area contributed by atoms with E-state index in [0.717, 1.165) is 19.3 Å². The largest absolute Gasteiger partial charge is 0.414 e. The van der Waals surface area contributed by atoms with Crippen molar-refractivity contribution in [2.75, 3.05) is 0 Å². The summed E-state index contributed by atoms with van der Waals surface area (Å²) in [5.41, 5.74) is 1.68. The van der Waals surface area contributed by atoms with E-state index in [1.165, 1.54) is 25.7 Å². The Morgan fingerprint density at radius 3 is 1.93 bits per heavy atom. The van der Waals surface area contributed by atoms with Crippen LogP contribution in [0.1, 0.15) is 65.7 Å². The standard InChI is InChI=1S/C33H66O4Si4/c1-24(34-38(4,5)6)33(37-41(13,14)15)21-19-28-27-17-16-25-22-26(35-39(7,8)9)18-20-31(25,2)30(27)29(23-32(28,33)3)36-40(10,11)12/h16,24,26-30H,17-23H2,1-15H3/t24?,26-,27-,28-,29-,30+,31-,32-,33-/m0/s1. The van der Waals surface area contributed by atoms with Gasteiger partial charge in [0.05, 0.1) is 11.7 Å². The van der Waals surface area contributed by atoms with Crippen molar-refractivity contribution in [2.24, 2.45) is 28.6 Å². The van der Waals surface area contributed by atoms with Gasteiger partial charge in [-0.25, -0.2) is 0 Å². The third-order valence-corrected chi connectivity index (χ3v) is 14.9. The van der Waals surface area contributed by atoms with Gasteiger partial charge >= 0.3 is 0 Å². The summed E-state index contributed by atoms with van der Waals surface area (Å²) in [5, 5.41) is 0. The minimum absolute atomic E-state index is 0.0394. The normalized spacial score (nSPS) is 40.9. The van der Waals surface area contributed by atoms with Crippen LogP contribution in [0.2, 0.25) is 78.6 Å². The fraction of sp³-hybridized carbons (Fsp3) is 0.939. The molecular weight excluding hydrogens is 573 g/mol. The van der Waals surface area contributed by atoms with E-state index >= 15 is 0 Å². The highest BCUT2D eigenvalue weighted by atomic mass is 28.4. The van der Waals surface area contributed by atoms with Crippen LogP contribution in [0.5, 0.6) is 0 Å². The summed E-state index contributed by atoms with van der Waals surface area (Å²) in [6, 6.07) is 0. The maximum Gasteiger partial charge on any atom is 0.184 e. The molecule has 4 aliphatic carbocycles. The van der Waals surface area contributed by atoms with Gasteiger partial charge < -0.3 is 17.7 Å². The lowest BCUT2D eigenvalue weighted by Crippen LogP contribution is -2.66. The molecule has 4 aliphatic rings. The van der Waals surface area contributed by atoms with E-state index in [-0.39, 0.29) is 28.6 Å². The van der Waals surface area contributed by atoms with Gasteiger partial charge in [0.2, 0.25) is 0 Å². The molecule has 41 heavy (non-hydrogen) atoms. The molecule has 0 bridgehead atoms. The van der Waals surface area contributed by atoms with Crippen molar-refractivity contribution in [1.82, 2.24) is 0 Å². The van der Waals surface area contributed by atoms with E-state index < -0.39 is 33.3 Å². The van der Waals surface area contributed by atoms with Gasteiger partial charge in [0.25, 0.3) is 0 Å². The molecule has 1 unspecified atom stereocenters. The number of allylic oxidation sites excluding steroid dienone is 1. The lowest BCUT2D eigenvalue weighted by atomic mass is 9.46. The Morgan fingerprint density at radius 1 is 0.780 bits per heavy atom. The molecule has 3 fully saturated rings. The molecule has 9 atom stereocenters. The molecule has 4 nitrogen and oxygen atoms in total. The van der Waals surface area contributed by atoms with Crippen LogP contribution >= 0.6 is 0 Å². The molecular formula is C33H66O4Si4. The summed E-state index contributed by atoms with van der Waals surface area (Å²) in [6.07, 6.45) is 11.6. The van der Waals surface area contributed by atoms with Crippen LogP contribution in [0.3, 0.4) is 0 Å². The highest BCUT2D eigenvalue weighted by Gasteiger charge is 2.69. The van der Waals surface area contributed by atoms with Crippen molar-refractivity contribution in [3.63, 3.8) is 0 Å². The van der Waals surface area contributed by atoms with Crippen molar-refractivity contribution < 1.29 is 17.7 Å². The van der Waals surface area contributed by atoms with E-state index in [2.05, 4.69) is 105 Å². The van der Waals surface area contributed by atoms with Gasteiger partial charge in [-0.1, -0.05) is 25.5 Å². The molecule has 0 amide bonds. The summed E-state index contributed by atoms with van der Waals surface area (Å²) < 4.78 is 28.5. The number of rotatable bonds is 9. The lowest BCUT2D eigenvalue weighted by Gasteiger charge is -2.64. The zero-order chi connectivity index (χ0) is 31.0. The van der Waals surface area contributed by atoms with Crippen molar-refractivity contribution in [3.05, 3.63) is 11.6 Å². The van der Waals surface area contributed by atoms with Crippen LogP contribution in [-0.2, 0) is 17.7 Å². The molecule has 0 heterocycles. The second kappa shape index (κ2) is 11.1. The average Bonchev–Trinajstić information content (AvgIpc) is 3.02. The molecule has 8 heteroatoms. The quantitative estimate of drug-likeness (QED) is 0.186. The fourth-order valence-electron chi connectivity index (χ4n) is 10.0.